The van der Waals surface area contributed by atoms with Gasteiger partial charge in [0.05, 0.1) is 5.25 Å². The highest BCUT2D eigenvalue weighted by atomic mass is 32.2. The average Bonchev–Trinajstić information content (AvgIpc) is 2.63. The van der Waals surface area contributed by atoms with E-state index < -0.39 is 31.6 Å². The van der Waals surface area contributed by atoms with E-state index in [0.29, 0.717) is 12.5 Å². The predicted octanol–water partition coefficient (Wildman–Crippen LogP) is 2.65. The van der Waals surface area contributed by atoms with Crippen LogP contribution >= 0.6 is 0 Å². The number of nitrogens with two attached hydrogens (primary N) is 1. The Morgan fingerprint density at radius 1 is 1.15 bits per heavy atom. The standard InChI is InChI=1S/C14H19F2NO2S/c15-11-6-7-14(12(16)8-11)20(18,19)13-5-3-1-2-4-10(13)9-17/h6-8,10,13H,1-5,9,17H2. The zero-order valence-electron chi connectivity index (χ0n) is 11.2. The Bertz CT molecular complexity index is 575. The van der Waals surface area contributed by atoms with Gasteiger partial charge in [0, 0.05) is 6.07 Å². The van der Waals surface area contributed by atoms with Gasteiger partial charge in [0.1, 0.15) is 16.5 Å². The van der Waals surface area contributed by atoms with Crippen molar-refractivity contribution in [2.75, 3.05) is 6.54 Å². The van der Waals surface area contributed by atoms with Crippen LogP contribution in [0.15, 0.2) is 23.1 Å². The van der Waals surface area contributed by atoms with Crippen LogP contribution in [0.25, 0.3) is 0 Å². The Hall–Kier alpha value is -1.01. The molecule has 1 saturated carbocycles. The molecule has 0 amide bonds. The Morgan fingerprint density at radius 3 is 2.50 bits per heavy atom. The molecule has 0 saturated heterocycles. The van der Waals surface area contributed by atoms with Crippen molar-refractivity contribution in [3.8, 4) is 0 Å². The number of hydrogen-bond acceptors (Lipinski definition) is 3. The molecule has 1 aliphatic carbocycles. The van der Waals surface area contributed by atoms with Crippen LogP contribution in [0.4, 0.5) is 8.78 Å². The van der Waals surface area contributed by atoms with Gasteiger partial charge in [-0.25, -0.2) is 17.2 Å². The minimum atomic E-state index is -3.82. The van der Waals surface area contributed by atoms with Gasteiger partial charge in [-0.3, -0.25) is 0 Å². The number of rotatable bonds is 3. The van der Waals surface area contributed by atoms with Crippen LogP contribution in [-0.2, 0) is 9.84 Å². The topological polar surface area (TPSA) is 60.2 Å². The lowest BCUT2D eigenvalue weighted by Gasteiger charge is -2.24. The van der Waals surface area contributed by atoms with E-state index in [2.05, 4.69) is 0 Å². The van der Waals surface area contributed by atoms with Crippen molar-refractivity contribution in [1.82, 2.24) is 0 Å². The molecule has 2 N–H and O–H groups in total. The third kappa shape index (κ3) is 3.01. The second-order valence-electron chi connectivity index (χ2n) is 5.29. The van der Waals surface area contributed by atoms with Crippen molar-refractivity contribution in [3.05, 3.63) is 29.8 Å². The van der Waals surface area contributed by atoms with Crippen LogP contribution in [0.2, 0.25) is 0 Å². The second-order valence-corrected chi connectivity index (χ2v) is 7.43. The molecule has 0 aromatic heterocycles. The fourth-order valence-electron chi connectivity index (χ4n) is 2.90. The summed E-state index contributed by atoms with van der Waals surface area (Å²) in [6.45, 7) is 0.271. The first-order valence-corrected chi connectivity index (χ1v) is 8.40. The number of halogens is 2. The number of sulfone groups is 1. The zero-order valence-corrected chi connectivity index (χ0v) is 12.0. The first-order valence-electron chi connectivity index (χ1n) is 6.86. The molecular weight excluding hydrogens is 284 g/mol. The van der Waals surface area contributed by atoms with Crippen LogP contribution in [-0.4, -0.2) is 20.2 Å². The van der Waals surface area contributed by atoms with Crippen molar-refractivity contribution in [1.29, 1.82) is 0 Å². The quantitative estimate of drug-likeness (QED) is 0.690. The summed E-state index contributed by atoms with van der Waals surface area (Å²) in [6.07, 6.45) is 3.93. The van der Waals surface area contributed by atoms with E-state index in [9.17, 15) is 17.2 Å². The summed E-state index contributed by atoms with van der Waals surface area (Å²) in [5.74, 6) is -1.96. The molecule has 1 aliphatic rings. The van der Waals surface area contributed by atoms with Gasteiger partial charge in [0.15, 0.2) is 9.84 Å². The molecule has 3 nitrogen and oxygen atoms in total. The third-order valence-corrected chi connectivity index (χ3v) is 6.35. The molecular formula is C14H19F2NO2S. The first-order chi connectivity index (χ1) is 9.46. The minimum Gasteiger partial charge on any atom is -0.330 e. The van der Waals surface area contributed by atoms with Gasteiger partial charge < -0.3 is 5.73 Å². The molecule has 0 spiro atoms. The third-order valence-electron chi connectivity index (χ3n) is 3.99. The molecule has 0 heterocycles. The molecule has 112 valence electrons. The molecule has 2 atom stereocenters. The molecule has 2 unspecified atom stereocenters. The summed E-state index contributed by atoms with van der Waals surface area (Å²) in [4.78, 5) is -0.413. The average molecular weight is 303 g/mol. The van der Waals surface area contributed by atoms with Crippen LogP contribution in [0.1, 0.15) is 32.1 Å². The van der Waals surface area contributed by atoms with Gasteiger partial charge in [-0.15, -0.1) is 0 Å². The fourth-order valence-corrected chi connectivity index (χ4v) is 5.04. The van der Waals surface area contributed by atoms with Gasteiger partial charge in [-0.05, 0) is 37.4 Å². The van der Waals surface area contributed by atoms with E-state index in [-0.39, 0.29) is 12.5 Å². The van der Waals surface area contributed by atoms with Crippen LogP contribution in [0.5, 0.6) is 0 Å². The molecule has 0 aliphatic heterocycles. The minimum absolute atomic E-state index is 0.160. The lowest BCUT2D eigenvalue weighted by Crippen LogP contribution is -2.34. The summed E-state index contributed by atoms with van der Waals surface area (Å²) < 4.78 is 52.0. The van der Waals surface area contributed by atoms with Crippen molar-refractivity contribution in [3.63, 3.8) is 0 Å². The zero-order chi connectivity index (χ0) is 14.8. The van der Waals surface area contributed by atoms with Crippen LogP contribution < -0.4 is 5.73 Å². The summed E-state index contributed by atoms with van der Waals surface area (Å²) >= 11 is 0. The number of benzene rings is 1. The summed E-state index contributed by atoms with van der Waals surface area (Å²) in [6, 6.07) is 2.60. The molecule has 1 fully saturated rings. The Kier molecular flexibility index (Phi) is 4.75. The first kappa shape index (κ1) is 15.4. The van der Waals surface area contributed by atoms with Gasteiger partial charge in [-0.2, -0.15) is 0 Å². The SMILES string of the molecule is NCC1CCCCCC1S(=O)(=O)c1ccc(F)cc1F. The van der Waals surface area contributed by atoms with Crippen molar-refractivity contribution in [2.24, 2.45) is 11.7 Å². The lowest BCUT2D eigenvalue weighted by molar-refractivity contribution is 0.453. The summed E-state index contributed by atoms with van der Waals surface area (Å²) in [7, 11) is -3.82. The monoisotopic (exact) mass is 303 g/mol. The van der Waals surface area contributed by atoms with Gasteiger partial charge in [-0.1, -0.05) is 19.3 Å². The fraction of sp³-hybridized carbons (Fsp3) is 0.571. The maximum Gasteiger partial charge on any atom is 0.184 e. The van der Waals surface area contributed by atoms with Crippen LogP contribution in [0.3, 0.4) is 0 Å². The van der Waals surface area contributed by atoms with Crippen molar-refractivity contribution >= 4 is 9.84 Å². The van der Waals surface area contributed by atoms with E-state index in [1.165, 1.54) is 0 Å². The van der Waals surface area contributed by atoms with E-state index >= 15 is 0 Å². The molecule has 1 aromatic rings. The molecule has 6 heteroatoms. The van der Waals surface area contributed by atoms with Crippen molar-refractivity contribution in [2.45, 2.75) is 42.2 Å². The highest BCUT2D eigenvalue weighted by Gasteiger charge is 2.36. The van der Waals surface area contributed by atoms with Crippen molar-refractivity contribution < 1.29 is 17.2 Å². The molecule has 2 rings (SSSR count). The normalized spacial score (nSPS) is 24.4. The predicted molar refractivity (Wildman–Crippen MR) is 73.0 cm³/mol. The highest BCUT2D eigenvalue weighted by molar-refractivity contribution is 7.92. The summed E-state index contributed by atoms with van der Waals surface area (Å²) in [5, 5.41) is -0.671. The Labute approximate surface area is 118 Å². The van der Waals surface area contributed by atoms with E-state index in [0.717, 1.165) is 37.8 Å². The van der Waals surface area contributed by atoms with Crippen LogP contribution in [0, 0.1) is 17.6 Å². The molecule has 1 aromatic carbocycles. The van der Waals surface area contributed by atoms with Gasteiger partial charge in [0.25, 0.3) is 0 Å². The maximum absolute atomic E-state index is 13.8. The Balaban J connectivity index is 2.41. The Morgan fingerprint density at radius 2 is 1.85 bits per heavy atom. The number of hydrogen-bond donors (Lipinski definition) is 1. The maximum atomic E-state index is 13.8. The van der Waals surface area contributed by atoms with E-state index in [1.54, 1.807) is 0 Å². The molecule has 0 radical (unpaired) electrons. The molecule has 20 heavy (non-hydrogen) atoms. The smallest absolute Gasteiger partial charge is 0.184 e. The highest BCUT2D eigenvalue weighted by Crippen LogP contribution is 2.32. The molecule has 0 bridgehead atoms. The van der Waals surface area contributed by atoms with Gasteiger partial charge in [0.2, 0.25) is 0 Å². The largest absolute Gasteiger partial charge is 0.330 e. The second kappa shape index (κ2) is 6.18. The van der Waals surface area contributed by atoms with Gasteiger partial charge >= 0.3 is 0 Å². The lowest BCUT2D eigenvalue weighted by atomic mass is 10.0. The summed E-state index contributed by atoms with van der Waals surface area (Å²) in [5.41, 5.74) is 5.68. The van der Waals surface area contributed by atoms with E-state index in [1.807, 2.05) is 0 Å². The van der Waals surface area contributed by atoms with E-state index in [4.69, 9.17) is 5.73 Å².